The Balaban J connectivity index is 1.14. The third kappa shape index (κ3) is 5.73. The van der Waals surface area contributed by atoms with Gasteiger partial charge in [-0.1, -0.05) is 18.2 Å². The number of aromatic nitrogens is 1. The van der Waals surface area contributed by atoms with E-state index in [0.29, 0.717) is 16.4 Å². The van der Waals surface area contributed by atoms with Crippen LogP contribution in [0.4, 0.5) is 15.6 Å². The summed E-state index contributed by atoms with van der Waals surface area (Å²) in [7, 11) is 0. The number of rotatable bonds is 7. The molecule has 2 aliphatic heterocycles. The number of hydrogen-bond acceptors (Lipinski definition) is 8. The number of nitrogens with zero attached hydrogens (tertiary/aromatic N) is 2. The lowest BCUT2D eigenvalue weighted by Crippen LogP contribution is -2.54. The number of fused-ring (bicyclic) bond motifs is 1. The molecule has 0 radical (unpaired) electrons. The van der Waals surface area contributed by atoms with Crippen LogP contribution in [0.1, 0.15) is 50.4 Å². The molecule has 0 saturated carbocycles. The van der Waals surface area contributed by atoms with Gasteiger partial charge in [0.2, 0.25) is 17.7 Å². The molecule has 0 bridgehead atoms. The van der Waals surface area contributed by atoms with Gasteiger partial charge in [-0.2, -0.15) is 0 Å². The van der Waals surface area contributed by atoms with Crippen molar-refractivity contribution in [3.05, 3.63) is 75.8 Å². The Morgan fingerprint density at radius 2 is 1.73 bits per heavy atom. The third-order valence-electron chi connectivity index (χ3n) is 6.40. The van der Waals surface area contributed by atoms with Gasteiger partial charge in [-0.3, -0.25) is 34.2 Å². The van der Waals surface area contributed by atoms with E-state index in [2.05, 4.69) is 26.3 Å². The quantitative estimate of drug-likeness (QED) is 0.322. The number of benzene rings is 2. The van der Waals surface area contributed by atoms with Crippen LogP contribution in [0.5, 0.6) is 0 Å². The van der Waals surface area contributed by atoms with Crippen molar-refractivity contribution in [1.82, 2.24) is 20.5 Å². The van der Waals surface area contributed by atoms with Crippen LogP contribution in [0.3, 0.4) is 0 Å². The van der Waals surface area contributed by atoms with Crippen molar-refractivity contribution in [3.63, 3.8) is 0 Å². The summed E-state index contributed by atoms with van der Waals surface area (Å²) in [6, 6.07) is 9.91. The van der Waals surface area contributed by atoms with Crippen LogP contribution in [0.25, 0.3) is 0 Å². The SMILES string of the molecule is Cc1csc(NC(=O)Cc2ccc(NC(=O)NCc3ccc4c(c3)C(=O)N(C3CCC(=O)NC3=O)C4=O)cc2)n1. The molecule has 3 heterocycles. The molecule has 12 nitrogen and oxygen atoms in total. The highest BCUT2D eigenvalue weighted by molar-refractivity contribution is 7.13. The molecule has 0 spiro atoms. The molecule has 2 aromatic carbocycles. The number of anilines is 2. The fourth-order valence-corrected chi connectivity index (χ4v) is 5.16. The lowest BCUT2D eigenvalue weighted by atomic mass is 10.0. The maximum atomic E-state index is 13.0. The van der Waals surface area contributed by atoms with Crippen molar-refractivity contribution in [2.45, 2.75) is 38.8 Å². The fourth-order valence-electron chi connectivity index (χ4n) is 4.45. The molecular formula is C27H24N6O6S. The van der Waals surface area contributed by atoms with Crippen LogP contribution >= 0.6 is 11.3 Å². The fraction of sp³-hybridized carbons (Fsp3) is 0.222. The number of aryl methyl sites for hydroxylation is 1. The highest BCUT2D eigenvalue weighted by Gasteiger charge is 2.44. The normalized spacial score (nSPS) is 16.4. The van der Waals surface area contributed by atoms with E-state index < -0.39 is 35.7 Å². The second-order valence-corrected chi connectivity index (χ2v) is 10.2. The van der Waals surface area contributed by atoms with E-state index in [-0.39, 0.29) is 42.8 Å². The highest BCUT2D eigenvalue weighted by atomic mass is 32.1. The minimum Gasteiger partial charge on any atom is -0.334 e. The average molecular weight is 561 g/mol. The molecule has 1 unspecified atom stereocenters. The molecule has 1 aromatic heterocycles. The smallest absolute Gasteiger partial charge is 0.319 e. The van der Waals surface area contributed by atoms with Crippen molar-refractivity contribution in [2.24, 2.45) is 0 Å². The molecular weight excluding hydrogens is 536 g/mol. The number of urea groups is 1. The van der Waals surface area contributed by atoms with Crippen molar-refractivity contribution in [1.29, 1.82) is 0 Å². The van der Waals surface area contributed by atoms with E-state index in [4.69, 9.17) is 0 Å². The number of carbonyl (C=O) groups is 6. The van der Waals surface area contributed by atoms with Gasteiger partial charge in [-0.25, -0.2) is 9.78 Å². The van der Waals surface area contributed by atoms with Gasteiger partial charge in [0.05, 0.1) is 23.2 Å². The van der Waals surface area contributed by atoms with Gasteiger partial charge in [0.15, 0.2) is 5.13 Å². The first-order valence-electron chi connectivity index (χ1n) is 12.4. The number of amides is 7. The first-order chi connectivity index (χ1) is 19.2. The summed E-state index contributed by atoms with van der Waals surface area (Å²) in [4.78, 5) is 79.2. The highest BCUT2D eigenvalue weighted by Crippen LogP contribution is 2.28. The standard InChI is InChI=1S/C27H24N6O6S/c1-14-13-40-27(29-14)32-22(35)11-15-2-5-17(6-3-15)30-26(39)28-12-16-4-7-18-19(10-16)25(38)33(24(18)37)20-8-9-21(34)31-23(20)36/h2-7,10,13,20H,8-9,11-12H2,1H3,(H2,28,30,39)(H,29,32,35)(H,31,34,36). The Morgan fingerprint density at radius 3 is 2.42 bits per heavy atom. The minimum atomic E-state index is -1.04. The first-order valence-corrected chi connectivity index (χ1v) is 13.3. The van der Waals surface area contributed by atoms with Crippen LogP contribution in [-0.2, 0) is 27.3 Å². The molecule has 13 heteroatoms. The van der Waals surface area contributed by atoms with E-state index in [1.165, 1.54) is 23.5 Å². The van der Waals surface area contributed by atoms with Crippen molar-refractivity contribution < 1.29 is 28.8 Å². The summed E-state index contributed by atoms with van der Waals surface area (Å²) in [6.45, 7) is 1.93. The zero-order chi connectivity index (χ0) is 28.4. The molecule has 1 fully saturated rings. The maximum Gasteiger partial charge on any atom is 0.319 e. The number of hydrogen-bond donors (Lipinski definition) is 4. The summed E-state index contributed by atoms with van der Waals surface area (Å²) in [6.07, 6.45) is 0.274. The van der Waals surface area contributed by atoms with Crippen LogP contribution in [0, 0.1) is 6.92 Å². The second-order valence-electron chi connectivity index (χ2n) is 9.35. The van der Waals surface area contributed by atoms with Crippen LogP contribution in [-0.4, -0.2) is 51.5 Å². The van der Waals surface area contributed by atoms with Gasteiger partial charge < -0.3 is 16.0 Å². The predicted octanol–water partition coefficient (Wildman–Crippen LogP) is 2.36. The van der Waals surface area contributed by atoms with Crippen molar-refractivity contribution in [3.8, 4) is 0 Å². The molecule has 204 valence electrons. The lowest BCUT2D eigenvalue weighted by molar-refractivity contribution is -0.136. The minimum absolute atomic E-state index is 0.0409. The topological polar surface area (TPSA) is 167 Å². The van der Waals surface area contributed by atoms with Gasteiger partial charge in [0, 0.05) is 24.0 Å². The van der Waals surface area contributed by atoms with E-state index in [9.17, 15) is 28.8 Å². The van der Waals surface area contributed by atoms with Gasteiger partial charge in [0.25, 0.3) is 11.8 Å². The van der Waals surface area contributed by atoms with Crippen molar-refractivity contribution in [2.75, 3.05) is 10.6 Å². The Hall–Kier alpha value is -4.91. The summed E-state index contributed by atoms with van der Waals surface area (Å²) in [5.74, 6) is -2.51. The molecule has 0 aliphatic carbocycles. The molecule has 3 aromatic rings. The molecule has 1 atom stereocenters. The Labute approximate surface area is 232 Å². The van der Waals surface area contributed by atoms with E-state index in [1.54, 1.807) is 30.3 Å². The van der Waals surface area contributed by atoms with Gasteiger partial charge in [-0.05, 0) is 48.7 Å². The van der Waals surface area contributed by atoms with Crippen molar-refractivity contribution >= 4 is 57.7 Å². The lowest BCUT2D eigenvalue weighted by Gasteiger charge is -2.27. The van der Waals surface area contributed by atoms with Gasteiger partial charge >= 0.3 is 6.03 Å². The molecule has 7 amide bonds. The second kappa shape index (κ2) is 11.1. The Bertz CT molecular complexity index is 1550. The molecule has 4 N–H and O–H groups in total. The van der Waals surface area contributed by atoms with Gasteiger partial charge in [0.1, 0.15) is 6.04 Å². The summed E-state index contributed by atoms with van der Waals surface area (Å²) in [5, 5.41) is 12.7. The summed E-state index contributed by atoms with van der Waals surface area (Å²) >= 11 is 1.36. The summed E-state index contributed by atoms with van der Waals surface area (Å²) < 4.78 is 0. The maximum absolute atomic E-state index is 13.0. The third-order valence-corrected chi connectivity index (χ3v) is 7.27. The van der Waals surface area contributed by atoms with E-state index >= 15 is 0 Å². The first kappa shape index (κ1) is 26.7. The predicted molar refractivity (Wildman–Crippen MR) is 145 cm³/mol. The number of thiazole rings is 1. The number of carbonyl (C=O) groups excluding carboxylic acids is 6. The number of piperidine rings is 1. The number of imide groups is 2. The molecule has 5 rings (SSSR count). The zero-order valence-electron chi connectivity index (χ0n) is 21.3. The summed E-state index contributed by atoms with van der Waals surface area (Å²) in [5.41, 5.74) is 3.01. The van der Waals surface area contributed by atoms with E-state index in [1.807, 2.05) is 12.3 Å². The van der Waals surface area contributed by atoms with Crippen LogP contribution < -0.4 is 21.3 Å². The Morgan fingerprint density at radius 1 is 1.00 bits per heavy atom. The molecule has 1 saturated heterocycles. The zero-order valence-corrected chi connectivity index (χ0v) is 22.1. The van der Waals surface area contributed by atoms with Gasteiger partial charge in [-0.15, -0.1) is 11.3 Å². The molecule has 2 aliphatic rings. The Kier molecular flexibility index (Phi) is 7.38. The van der Waals surface area contributed by atoms with E-state index in [0.717, 1.165) is 16.2 Å². The molecule has 40 heavy (non-hydrogen) atoms. The average Bonchev–Trinajstić information content (AvgIpc) is 3.43. The van der Waals surface area contributed by atoms with Crippen LogP contribution in [0.15, 0.2) is 47.8 Å². The monoisotopic (exact) mass is 560 g/mol. The van der Waals surface area contributed by atoms with Crippen LogP contribution in [0.2, 0.25) is 0 Å². The largest absolute Gasteiger partial charge is 0.334 e. The number of nitrogens with one attached hydrogen (secondary N) is 4.